The normalized spacial score (nSPS) is 23.2. The van der Waals surface area contributed by atoms with E-state index in [0.717, 1.165) is 97.5 Å². The van der Waals surface area contributed by atoms with Crippen molar-refractivity contribution >= 4 is 11.9 Å². The highest BCUT2D eigenvalue weighted by Crippen LogP contribution is 2.26. The Balaban J connectivity index is 1.25. The zero-order valence-corrected chi connectivity index (χ0v) is 17.5. The summed E-state index contributed by atoms with van der Waals surface area (Å²) in [6, 6.07) is 0. The van der Waals surface area contributed by atoms with Crippen molar-refractivity contribution in [3.63, 3.8) is 0 Å². The van der Waals surface area contributed by atoms with Crippen LogP contribution in [0.4, 0.5) is 0 Å². The number of hydrogen-bond acceptors (Lipinski definition) is 5. The number of piperazine rings is 1. The van der Waals surface area contributed by atoms with Crippen LogP contribution >= 0.6 is 0 Å². The first-order valence-electron chi connectivity index (χ1n) is 11.0. The predicted molar refractivity (Wildman–Crippen MR) is 112 cm³/mol. The second-order valence-corrected chi connectivity index (χ2v) is 8.03. The average molecular weight is 395 g/mol. The van der Waals surface area contributed by atoms with E-state index in [4.69, 9.17) is 4.74 Å². The second kappa shape index (κ2) is 11.6. The van der Waals surface area contributed by atoms with Crippen LogP contribution in [0, 0.1) is 5.92 Å². The van der Waals surface area contributed by atoms with E-state index in [9.17, 15) is 4.79 Å². The third kappa shape index (κ3) is 6.60. The van der Waals surface area contributed by atoms with Gasteiger partial charge in [-0.3, -0.25) is 19.6 Å². The molecule has 3 aliphatic rings. The van der Waals surface area contributed by atoms with E-state index in [-0.39, 0.29) is 0 Å². The van der Waals surface area contributed by atoms with Crippen molar-refractivity contribution in [3.8, 4) is 0 Å². The van der Waals surface area contributed by atoms with Crippen molar-refractivity contribution in [3.05, 3.63) is 0 Å². The van der Waals surface area contributed by atoms with Gasteiger partial charge in [-0.05, 0) is 12.8 Å². The number of morpholine rings is 1. The Hall–Kier alpha value is -1.38. The molecule has 0 aromatic carbocycles. The van der Waals surface area contributed by atoms with Gasteiger partial charge in [0.2, 0.25) is 5.91 Å². The zero-order chi connectivity index (χ0) is 19.6. The first-order valence-corrected chi connectivity index (χ1v) is 11.0. The maximum absolute atomic E-state index is 12.5. The summed E-state index contributed by atoms with van der Waals surface area (Å²) in [5, 5.41) is 6.80. The van der Waals surface area contributed by atoms with Crippen molar-refractivity contribution in [2.75, 3.05) is 85.7 Å². The topological polar surface area (TPSA) is 72.4 Å². The van der Waals surface area contributed by atoms with Crippen LogP contribution in [-0.2, 0) is 9.53 Å². The minimum absolute atomic E-state index is 0.306. The highest BCUT2D eigenvalue weighted by molar-refractivity contribution is 5.79. The molecule has 8 heteroatoms. The Morgan fingerprint density at radius 1 is 0.929 bits per heavy atom. The summed E-state index contributed by atoms with van der Waals surface area (Å²) in [5.41, 5.74) is 0. The van der Waals surface area contributed by atoms with Crippen LogP contribution in [0.3, 0.4) is 0 Å². The van der Waals surface area contributed by atoms with E-state index in [1.807, 2.05) is 7.05 Å². The molecule has 0 unspecified atom stereocenters. The van der Waals surface area contributed by atoms with Gasteiger partial charge in [-0.1, -0.05) is 12.8 Å². The molecule has 0 bridgehead atoms. The molecule has 2 saturated heterocycles. The Labute approximate surface area is 169 Å². The molecule has 1 saturated carbocycles. The molecule has 2 aliphatic heterocycles. The quantitative estimate of drug-likeness (QED) is 0.461. The molecule has 1 aliphatic carbocycles. The number of nitrogens with zero attached hydrogens (tertiary/aromatic N) is 4. The van der Waals surface area contributed by atoms with Crippen LogP contribution in [0.25, 0.3) is 0 Å². The van der Waals surface area contributed by atoms with Gasteiger partial charge in [0, 0.05) is 78.4 Å². The molecule has 0 spiro atoms. The van der Waals surface area contributed by atoms with Crippen LogP contribution in [0.15, 0.2) is 4.99 Å². The van der Waals surface area contributed by atoms with E-state index in [2.05, 4.69) is 30.3 Å². The maximum atomic E-state index is 12.5. The summed E-state index contributed by atoms with van der Waals surface area (Å²) in [7, 11) is 1.82. The smallest absolute Gasteiger partial charge is 0.225 e. The first kappa shape index (κ1) is 21.3. The summed E-state index contributed by atoms with van der Waals surface area (Å²) < 4.78 is 5.38. The van der Waals surface area contributed by atoms with Gasteiger partial charge in [-0.2, -0.15) is 0 Å². The number of rotatable bonds is 7. The maximum Gasteiger partial charge on any atom is 0.225 e. The number of hydrogen-bond donors (Lipinski definition) is 2. The van der Waals surface area contributed by atoms with Crippen molar-refractivity contribution in [1.82, 2.24) is 25.3 Å². The van der Waals surface area contributed by atoms with Crippen LogP contribution in [0.2, 0.25) is 0 Å². The lowest BCUT2D eigenvalue weighted by molar-refractivity contribution is -0.137. The SMILES string of the molecule is CN=C(NCCN1CCOCC1)NCCN1CCN(C(=O)C2CCCC2)CC1. The summed E-state index contributed by atoms with van der Waals surface area (Å²) in [4.78, 5) is 23.8. The van der Waals surface area contributed by atoms with Gasteiger partial charge in [0.05, 0.1) is 13.2 Å². The first-order chi connectivity index (χ1) is 13.8. The molecule has 28 heavy (non-hydrogen) atoms. The third-order valence-corrected chi connectivity index (χ3v) is 6.16. The van der Waals surface area contributed by atoms with Gasteiger partial charge in [0.25, 0.3) is 0 Å². The highest BCUT2D eigenvalue weighted by atomic mass is 16.5. The van der Waals surface area contributed by atoms with E-state index >= 15 is 0 Å². The van der Waals surface area contributed by atoms with Gasteiger partial charge in [-0.15, -0.1) is 0 Å². The van der Waals surface area contributed by atoms with Gasteiger partial charge >= 0.3 is 0 Å². The second-order valence-electron chi connectivity index (χ2n) is 8.03. The summed E-state index contributed by atoms with van der Waals surface area (Å²) in [6.07, 6.45) is 4.65. The third-order valence-electron chi connectivity index (χ3n) is 6.16. The van der Waals surface area contributed by atoms with E-state index in [0.29, 0.717) is 11.8 Å². The molecule has 1 amide bonds. The van der Waals surface area contributed by atoms with E-state index < -0.39 is 0 Å². The molecule has 3 fully saturated rings. The number of carbonyl (C=O) groups excluding carboxylic acids is 1. The molecule has 8 nitrogen and oxygen atoms in total. The van der Waals surface area contributed by atoms with Crippen LogP contribution < -0.4 is 10.6 Å². The molecule has 2 heterocycles. The zero-order valence-electron chi connectivity index (χ0n) is 17.5. The van der Waals surface area contributed by atoms with Crippen molar-refractivity contribution in [2.45, 2.75) is 25.7 Å². The molecular formula is C20H38N6O2. The lowest BCUT2D eigenvalue weighted by atomic mass is 10.1. The Morgan fingerprint density at radius 3 is 2.07 bits per heavy atom. The molecule has 0 atom stereocenters. The van der Waals surface area contributed by atoms with Gasteiger partial charge in [0.1, 0.15) is 0 Å². The van der Waals surface area contributed by atoms with Crippen molar-refractivity contribution in [2.24, 2.45) is 10.9 Å². The molecule has 160 valence electrons. The number of carbonyl (C=O) groups is 1. The van der Waals surface area contributed by atoms with Crippen molar-refractivity contribution < 1.29 is 9.53 Å². The molecular weight excluding hydrogens is 356 g/mol. The minimum atomic E-state index is 0.306. The van der Waals surface area contributed by atoms with Crippen LogP contribution in [-0.4, -0.2) is 112 Å². The summed E-state index contributed by atoms with van der Waals surface area (Å²) in [5.74, 6) is 1.57. The monoisotopic (exact) mass is 394 g/mol. The van der Waals surface area contributed by atoms with Crippen LogP contribution in [0.1, 0.15) is 25.7 Å². The molecule has 0 aromatic heterocycles. The van der Waals surface area contributed by atoms with E-state index in [1.54, 1.807) is 0 Å². The van der Waals surface area contributed by atoms with Crippen molar-refractivity contribution in [1.29, 1.82) is 0 Å². The average Bonchev–Trinajstić information content (AvgIpc) is 3.28. The Bertz CT molecular complexity index is 495. The number of nitrogens with one attached hydrogen (secondary N) is 2. The van der Waals surface area contributed by atoms with Crippen LogP contribution in [0.5, 0.6) is 0 Å². The molecule has 0 radical (unpaired) electrons. The predicted octanol–water partition coefficient (Wildman–Crippen LogP) is -0.182. The number of ether oxygens (including phenoxy) is 1. The number of aliphatic imine (C=N–C) groups is 1. The fourth-order valence-electron chi connectivity index (χ4n) is 4.33. The lowest BCUT2D eigenvalue weighted by Gasteiger charge is -2.36. The lowest BCUT2D eigenvalue weighted by Crippen LogP contribution is -2.52. The fourth-order valence-corrected chi connectivity index (χ4v) is 4.33. The number of guanidine groups is 1. The largest absolute Gasteiger partial charge is 0.379 e. The van der Waals surface area contributed by atoms with Gasteiger partial charge < -0.3 is 20.3 Å². The highest BCUT2D eigenvalue weighted by Gasteiger charge is 2.29. The van der Waals surface area contributed by atoms with Gasteiger partial charge in [0.15, 0.2) is 5.96 Å². The summed E-state index contributed by atoms with van der Waals surface area (Å²) >= 11 is 0. The Kier molecular flexibility index (Phi) is 8.82. The summed E-state index contributed by atoms with van der Waals surface area (Å²) in [6.45, 7) is 11.2. The Morgan fingerprint density at radius 2 is 1.50 bits per heavy atom. The molecule has 3 rings (SSSR count). The van der Waals surface area contributed by atoms with E-state index in [1.165, 1.54) is 12.8 Å². The minimum Gasteiger partial charge on any atom is -0.379 e. The molecule has 0 aromatic rings. The van der Waals surface area contributed by atoms with Gasteiger partial charge in [-0.25, -0.2) is 0 Å². The standard InChI is InChI=1S/C20H38N6O2/c1-21-20(23-7-9-25-14-16-28-17-15-25)22-6-8-24-10-12-26(13-11-24)19(27)18-4-2-3-5-18/h18H,2-17H2,1H3,(H2,21,22,23). The fraction of sp³-hybridized carbons (Fsp3) is 0.900. The molecule has 2 N–H and O–H groups in total. The number of amides is 1.